The largest absolute Gasteiger partial charge is 0.569 e. The maximum absolute atomic E-state index is 12.2. The molecule has 10 nitrogen and oxygen atoms in total. The van der Waals surface area contributed by atoms with Crippen molar-refractivity contribution < 1.29 is 29.6 Å². The highest BCUT2D eigenvalue weighted by molar-refractivity contribution is 6.21. The van der Waals surface area contributed by atoms with Crippen LogP contribution in [0.5, 0.6) is 0 Å². The zero-order chi connectivity index (χ0) is 17.7. The molecule has 0 saturated carbocycles. The molecule has 1 aromatic carbocycles. The standard InChI is InChI=1S/C14H18N4O6/c1-10(24-15-18(23)16(6-8-19)7-9-20)17-13(21)11-4-2-3-5-12(11)14(17)22/h2-5,10,19-20H,6-9H2,1H3/b18-15+. The number of carbonyl (C=O) groups is 2. The molecule has 1 aliphatic heterocycles. The number of nitrogens with zero attached hydrogens (tertiary/aromatic N) is 4. The van der Waals surface area contributed by atoms with Crippen LogP contribution >= 0.6 is 0 Å². The van der Waals surface area contributed by atoms with Gasteiger partial charge in [-0.1, -0.05) is 12.1 Å². The molecule has 1 aliphatic rings. The topological polar surface area (TPSA) is 129 Å². The van der Waals surface area contributed by atoms with Gasteiger partial charge in [0, 0.05) is 0 Å². The molecule has 2 rings (SSSR count). The van der Waals surface area contributed by atoms with Crippen molar-refractivity contribution >= 4 is 11.8 Å². The first-order chi connectivity index (χ1) is 11.5. The third-order valence-electron chi connectivity index (χ3n) is 3.42. The fourth-order valence-electron chi connectivity index (χ4n) is 2.26. The van der Waals surface area contributed by atoms with E-state index in [4.69, 9.17) is 15.1 Å². The quantitative estimate of drug-likeness (QED) is 0.289. The van der Waals surface area contributed by atoms with Gasteiger partial charge in [0.2, 0.25) is 11.5 Å². The second-order valence-electron chi connectivity index (χ2n) is 4.97. The first kappa shape index (κ1) is 17.6. The molecule has 2 N–H and O–H groups in total. The molecular formula is C14H18N4O6. The number of hydrogen-bond acceptors (Lipinski definition) is 7. The SMILES string of the molecule is CC(O/N=[N+](/[O-])N(CCO)CCO)N1C(=O)c2ccccc2C1=O. The summed E-state index contributed by atoms with van der Waals surface area (Å²) in [5, 5.41) is 33.8. The van der Waals surface area contributed by atoms with Crippen LogP contribution in [0.15, 0.2) is 29.5 Å². The summed E-state index contributed by atoms with van der Waals surface area (Å²) in [4.78, 5) is 30.4. The molecule has 2 amide bonds. The Hall–Kier alpha value is -2.72. The Kier molecular flexibility index (Phi) is 5.66. The zero-order valence-corrected chi connectivity index (χ0v) is 13.0. The van der Waals surface area contributed by atoms with E-state index in [-0.39, 0.29) is 42.4 Å². The first-order valence-electron chi connectivity index (χ1n) is 7.28. The van der Waals surface area contributed by atoms with Crippen LogP contribution in [0.25, 0.3) is 0 Å². The van der Waals surface area contributed by atoms with Gasteiger partial charge in [0.05, 0.1) is 29.3 Å². The highest BCUT2D eigenvalue weighted by Gasteiger charge is 2.39. The molecule has 0 radical (unpaired) electrons. The lowest BCUT2D eigenvalue weighted by atomic mass is 10.1. The number of fused-ring (bicyclic) bond motifs is 1. The lowest BCUT2D eigenvalue weighted by Crippen LogP contribution is -2.40. The summed E-state index contributed by atoms with van der Waals surface area (Å²) in [5.41, 5.74) is 0.526. The normalized spacial score (nSPS) is 15.5. The maximum Gasteiger partial charge on any atom is 0.264 e. The zero-order valence-electron chi connectivity index (χ0n) is 13.0. The molecule has 0 fully saturated rings. The molecule has 1 unspecified atom stereocenters. The van der Waals surface area contributed by atoms with E-state index in [2.05, 4.69) is 5.28 Å². The Morgan fingerprint density at radius 1 is 1.21 bits per heavy atom. The van der Waals surface area contributed by atoms with Gasteiger partial charge < -0.3 is 20.3 Å². The average molecular weight is 338 g/mol. The summed E-state index contributed by atoms with van der Waals surface area (Å²) in [6, 6.07) is 6.35. The number of aliphatic hydroxyl groups excluding tert-OH is 2. The Morgan fingerprint density at radius 2 is 1.71 bits per heavy atom. The molecule has 130 valence electrons. The minimum Gasteiger partial charge on any atom is -0.569 e. The number of hydrogen-bond donors (Lipinski definition) is 2. The number of carbonyl (C=O) groups excluding carboxylic acids is 2. The fourth-order valence-corrected chi connectivity index (χ4v) is 2.26. The second-order valence-corrected chi connectivity index (χ2v) is 4.97. The van der Waals surface area contributed by atoms with Crippen LogP contribution in [-0.2, 0) is 4.84 Å². The molecule has 1 heterocycles. The summed E-state index contributed by atoms with van der Waals surface area (Å²) in [6.07, 6.45) is -1.10. The molecule has 0 aromatic heterocycles. The van der Waals surface area contributed by atoms with E-state index in [9.17, 15) is 14.8 Å². The number of hydrazine groups is 1. The van der Waals surface area contributed by atoms with E-state index in [0.29, 0.717) is 0 Å². The molecule has 10 heteroatoms. The predicted molar refractivity (Wildman–Crippen MR) is 79.3 cm³/mol. The molecule has 1 aromatic rings. The molecule has 24 heavy (non-hydrogen) atoms. The van der Waals surface area contributed by atoms with Crippen molar-refractivity contribution in [3.8, 4) is 0 Å². The fraction of sp³-hybridized carbons (Fsp3) is 0.429. The Morgan fingerprint density at radius 3 is 2.17 bits per heavy atom. The number of aliphatic hydroxyl groups is 2. The molecule has 1 atom stereocenters. The van der Waals surface area contributed by atoms with Gasteiger partial charge in [0.1, 0.15) is 13.1 Å². The highest BCUT2D eigenvalue weighted by Crippen LogP contribution is 2.24. The van der Waals surface area contributed by atoms with Crippen molar-refractivity contribution in [1.82, 2.24) is 9.91 Å². The van der Waals surface area contributed by atoms with Crippen molar-refractivity contribution in [2.45, 2.75) is 13.2 Å². The van der Waals surface area contributed by atoms with Crippen LogP contribution in [0.1, 0.15) is 27.6 Å². The Balaban J connectivity index is 2.08. The van der Waals surface area contributed by atoms with E-state index >= 15 is 0 Å². The van der Waals surface area contributed by atoms with E-state index in [1.54, 1.807) is 12.1 Å². The van der Waals surface area contributed by atoms with Gasteiger partial charge in [-0.3, -0.25) is 9.59 Å². The van der Waals surface area contributed by atoms with Crippen LogP contribution < -0.4 is 0 Å². The van der Waals surface area contributed by atoms with Crippen LogP contribution in [-0.4, -0.2) is 69.4 Å². The van der Waals surface area contributed by atoms with Crippen molar-refractivity contribution in [2.24, 2.45) is 5.28 Å². The van der Waals surface area contributed by atoms with Crippen LogP contribution in [0.3, 0.4) is 0 Å². The molecule has 0 bridgehead atoms. The summed E-state index contributed by atoms with van der Waals surface area (Å²) in [7, 11) is 0. The van der Waals surface area contributed by atoms with Crippen molar-refractivity contribution in [1.29, 1.82) is 0 Å². The first-order valence-corrected chi connectivity index (χ1v) is 7.28. The molecule has 0 spiro atoms. The van der Waals surface area contributed by atoms with Crippen LogP contribution in [0.2, 0.25) is 0 Å². The molecule has 0 aliphatic carbocycles. The smallest absolute Gasteiger partial charge is 0.264 e. The third kappa shape index (κ3) is 3.44. The number of benzene rings is 1. The van der Waals surface area contributed by atoms with Crippen molar-refractivity contribution in [3.05, 3.63) is 40.6 Å². The number of rotatable bonds is 8. The van der Waals surface area contributed by atoms with Gasteiger partial charge in [-0.25, -0.2) is 4.90 Å². The summed E-state index contributed by atoms with van der Waals surface area (Å²) >= 11 is 0. The van der Waals surface area contributed by atoms with E-state index in [0.717, 1.165) is 9.91 Å². The highest BCUT2D eigenvalue weighted by atomic mass is 16.7. The van der Waals surface area contributed by atoms with Gasteiger partial charge in [-0.15, -0.1) is 5.01 Å². The maximum atomic E-state index is 12.2. The van der Waals surface area contributed by atoms with Crippen LogP contribution in [0.4, 0.5) is 0 Å². The summed E-state index contributed by atoms with van der Waals surface area (Å²) in [5.74, 6) is -1.06. The van der Waals surface area contributed by atoms with E-state index in [1.165, 1.54) is 19.1 Å². The van der Waals surface area contributed by atoms with Crippen LogP contribution in [0, 0.1) is 5.21 Å². The van der Waals surface area contributed by atoms with Gasteiger partial charge in [-0.05, 0) is 19.1 Å². The molecule has 0 saturated heterocycles. The predicted octanol–water partition coefficient (Wildman–Crippen LogP) is -0.276. The monoisotopic (exact) mass is 338 g/mol. The second kappa shape index (κ2) is 7.70. The minimum absolute atomic E-state index is 0.0567. The van der Waals surface area contributed by atoms with Crippen molar-refractivity contribution in [2.75, 3.05) is 26.3 Å². The lowest BCUT2D eigenvalue weighted by Gasteiger charge is -2.20. The Bertz CT molecular complexity index is 609. The summed E-state index contributed by atoms with van der Waals surface area (Å²) < 4.78 is 0. The van der Waals surface area contributed by atoms with Crippen molar-refractivity contribution in [3.63, 3.8) is 0 Å². The average Bonchev–Trinajstić information content (AvgIpc) is 2.84. The third-order valence-corrected chi connectivity index (χ3v) is 3.42. The lowest BCUT2D eigenvalue weighted by molar-refractivity contribution is -0.713. The van der Waals surface area contributed by atoms with Gasteiger partial charge in [0.15, 0.2) is 0 Å². The molecular weight excluding hydrogens is 320 g/mol. The van der Waals surface area contributed by atoms with Gasteiger partial charge >= 0.3 is 0 Å². The minimum atomic E-state index is -1.10. The number of amides is 2. The van der Waals surface area contributed by atoms with Gasteiger partial charge in [0.25, 0.3) is 11.8 Å². The van der Waals surface area contributed by atoms with Gasteiger partial charge in [-0.2, -0.15) is 0 Å². The number of imide groups is 1. The Labute approximate surface area is 137 Å². The van der Waals surface area contributed by atoms with E-state index < -0.39 is 18.0 Å². The summed E-state index contributed by atoms with van der Waals surface area (Å²) in [6.45, 7) is 0.655. The van der Waals surface area contributed by atoms with E-state index in [1.807, 2.05) is 0 Å².